The number of nitrogens with zero attached hydrogens (tertiary/aromatic N) is 4. The van der Waals surface area contributed by atoms with E-state index in [-0.39, 0.29) is 18.4 Å². The summed E-state index contributed by atoms with van der Waals surface area (Å²) in [6, 6.07) is 5.51. The fraction of sp³-hybridized carbons (Fsp3) is 0.478. The lowest BCUT2D eigenvalue weighted by atomic mass is 9.75. The van der Waals surface area contributed by atoms with E-state index in [0.717, 1.165) is 24.2 Å². The SMILES string of the molecule is CCC1CCC2(CC1)NC(=O)N(CC(=O)Nc1ccc(NC(=O)C(C)n3cncn3)cc1)C2=O. The Morgan fingerprint density at radius 1 is 1.15 bits per heavy atom. The molecule has 0 bridgehead atoms. The summed E-state index contributed by atoms with van der Waals surface area (Å²) in [4.78, 5) is 55.1. The first-order valence-electron chi connectivity index (χ1n) is 11.5. The first-order valence-corrected chi connectivity index (χ1v) is 11.5. The minimum absolute atomic E-state index is 0.261. The summed E-state index contributed by atoms with van der Waals surface area (Å²) in [5.41, 5.74) is 0.165. The van der Waals surface area contributed by atoms with Crippen molar-refractivity contribution in [2.45, 2.75) is 57.5 Å². The molecule has 3 N–H and O–H groups in total. The summed E-state index contributed by atoms with van der Waals surface area (Å²) in [6.45, 7) is 3.49. The number of hydrogen-bond donors (Lipinski definition) is 3. The van der Waals surface area contributed by atoms with Gasteiger partial charge in [0.1, 0.15) is 30.8 Å². The van der Waals surface area contributed by atoms with Gasteiger partial charge in [0.05, 0.1) is 0 Å². The third kappa shape index (κ3) is 4.78. The van der Waals surface area contributed by atoms with Gasteiger partial charge in [-0.15, -0.1) is 0 Å². The van der Waals surface area contributed by atoms with Gasteiger partial charge in [0.15, 0.2) is 0 Å². The van der Waals surface area contributed by atoms with E-state index in [4.69, 9.17) is 0 Å². The van der Waals surface area contributed by atoms with E-state index in [1.807, 2.05) is 0 Å². The van der Waals surface area contributed by atoms with Crippen LogP contribution in [0.1, 0.15) is 52.0 Å². The minimum atomic E-state index is -0.869. The minimum Gasteiger partial charge on any atom is -0.325 e. The number of carbonyl (C=O) groups is 4. The number of aromatic nitrogens is 3. The number of nitrogens with one attached hydrogen (secondary N) is 3. The second-order valence-corrected chi connectivity index (χ2v) is 8.92. The number of carbonyl (C=O) groups excluding carboxylic acids is 4. The number of amides is 5. The van der Waals surface area contributed by atoms with Crippen molar-refractivity contribution < 1.29 is 19.2 Å². The van der Waals surface area contributed by atoms with Crippen LogP contribution in [0.3, 0.4) is 0 Å². The quantitative estimate of drug-likeness (QED) is 0.534. The summed E-state index contributed by atoms with van der Waals surface area (Å²) >= 11 is 0. The molecule has 5 amide bonds. The average Bonchev–Trinajstić information content (AvgIpc) is 3.44. The van der Waals surface area contributed by atoms with Crippen molar-refractivity contribution in [2.24, 2.45) is 5.92 Å². The summed E-state index contributed by atoms with van der Waals surface area (Å²) in [5.74, 6) is -0.477. The van der Waals surface area contributed by atoms with Crippen LogP contribution in [-0.4, -0.2) is 55.5 Å². The zero-order valence-electron chi connectivity index (χ0n) is 19.3. The van der Waals surface area contributed by atoms with Crippen LogP contribution >= 0.6 is 0 Å². The lowest BCUT2D eigenvalue weighted by Crippen LogP contribution is -2.49. The van der Waals surface area contributed by atoms with Crippen LogP contribution in [0.5, 0.6) is 0 Å². The monoisotopic (exact) mass is 467 g/mol. The normalized spacial score (nSPS) is 23.0. The van der Waals surface area contributed by atoms with Crippen molar-refractivity contribution in [1.29, 1.82) is 0 Å². The van der Waals surface area contributed by atoms with Crippen LogP contribution in [0.25, 0.3) is 0 Å². The fourth-order valence-electron chi connectivity index (χ4n) is 4.50. The highest BCUT2D eigenvalue weighted by atomic mass is 16.2. The van der Waals surface area contributed by atoms with E-state index in [1.54, 1.807) is 31.2 Å². The molecule has 34 heavy (non-hydrogen) atoms. The molecule has 1 aliphatic heterocycles. The molecule has 2 aliphatic rings. The highest BCUT2D eigenvalue weighted by Gasteiger charge is 2.52. The molecule has 4 rings (SSSR count). The standard InChI is InChI=1S/C23H29N7O4/c1-3-16-8-10-23(11-9-16)21(33)29(22(34)28-23)12-19(31)26-17-4-6-18(7-5-17)27-20(32)15(2)30-14-24-13-25-30/h4-7,13-16H,3,8-12H2,1-2H3,(H,26,31)(H,27,32)(H,28,34). The second kappa shape index (κ2) is 9.62. The van der Waals surface area contributed by atoms with Gasteiger partial charge in [-0.2, -0.15) is 5.10 Å². The number of benzene rings is 1. The molecule has 1 saturated heterocycles. The second-order valence-electron chi connectivity index (χ2n) is 8.92. The molecule has 1 atom stereocenters. The number of urea groups is 1. The molecular formula is C23H29N7O4. The van der Waals surface area contributed by atoms with E-state index in [1.165, 1.54) is 17.3 Å². The maximum absolute atomic E-state index is 13.0. The van der Waals surface area contributed by atoms with Gasteiger partial charge in [-0.3, -0.25) is 19.3 Å². The summed E-state index contributed by atoms with van der Waals surface area (Å²) in [5, 5.41) is 12.3. The number of anilines is 2. The first kappa shape index (κ1) is 23.4. The Labute approximate surface area is 197 Å². The van der Waals surface area contributed by atoms with Crippen LogP contribution in [0.2, 0.25) is 0 Å². The molecule has 1 aromatic heterocycles. The van der Waals surface area contributed by atoms with Gasteiger partial charge in [-0.25, -0.2) is 14.5 Å². The predicted octanol–water partition coefficient (Wildman–Crippen LogP) is 2.31. The van der Waals surface area contributed by atoms with Crippen molar-refractivity contribution in [2.75, 3.05) is 17.2 Å². The van der Waals surface area contributed by atoms with E-state index in [0.29, 0.717) is 30.1 Å². The smallest absolute Gasteiger partial charge is 0.325 e. The Hall–Kier alpha value is -3.76. The summed E-state index contributed by atoms with van der Waals surface area (Å²) in [7, 11) is 0. The molecule has 1 aromatic carbocycles. The average molecular weight is 468 g/mol. The van der Waals surface area contributed by atoms with Crippen molar-refractivity contribution in [3.05, 3.63) is 36.9 Å². The van der Waals surface area contributed by atoms with Gasteiger partial charge in [-0.1, -0.05) is 13.3 Å². The Balaban J connectivity index is 1.30. The lowest BCUT2D eigenvalue weighted by Gasteiger charge is -2.34. The maximum atomic E-state index is 13.0. The number of hydrogen-bond acceptors (Lipinski definition) is 6. The lowest BCUT2D eigenvalue weighted by molar-refractivity contribution is -0.135. The van der Waals surface area contributed by atoms with Crippen LogP contribution in [0, 0.1) is 5.92 Å². The summed E-state index contributed by atoms with van der Waals surface area (Å²) in [6.07, 6.45) is 6.89. The molecule has 11 heteroatoms. The van der Waals surface area contributed by atoms with Gasteiger partial charge >= 0.3 is 6.03 Å². The molecule has 0 radical (unpaired) electrons. The van der Waals surface area contributed by atoms with Crippen LogP contribution in [-0.2, 0) is 14.4 Å². The Bertz CT molecular complexity index is 1060. The van der Waals surface area contributed by atoms with Gasteiger partial charge in [-0.05, 0) is 62.8 Å². The third-order valence-electron chi connectivity index (χ3n) is 6.73. The van der Waals surface area contributed by atoms with Gasteiger partial charge in [0.25, 0.3) is 5.91 Å². The number of imide groups is 1. The van der Waals surface area contributed by atoms with Crippen molar-refractivity contribution in [1.82, 2.24) is 25.0 Å². The fourth-order valence-corrected chi connectivity index (χ4v) is 4.50. The molecule has 1 saturated carbocycles. The highest BCUT2D eigenvalue weighted by Crippen LogP contribution is 2.37. The van der Waals surface area contributed by atoms with Gasteiger partial charge in [0, 0.05) is 11.4 Å². The van der Waals surface area contributed by atoms with Crippen LogP contribution in [0.4, 0.5) is 16.2 Å². The molecule has 11 nitrogen and oxygen atoms in total. The highest BCUT2D eigenvalue weighted by molar-refractivity contribution is 6.10. The van der Waals surface area contributed by atoms with Crippen LogP contribution in [0.15, 0.2) is 36.9 Å². The molecule has 1 unspecified atom stereocenters. The molecular weight excluding hydrogens is 438 g/mol. The van der Waals surface area contributed by atoms with E-state index in [2.05, 4.69) is 33.0 Å². The Kier molecular flexibility index (Phi) is 6.62. The zero-order valence-corrected chi connectivity index (χ0v) is 19.3. The molecule has 1 aliphatic carbocycles. The first-order chi connectivity index (χ1) is 16.3. The number of rotatable bonds is 7. The summed E-state index contributed by atoms with van der Waals surface area (Å²) < 4.78 is 1.44. The van der Waals surface area contributed by atoms with Crippen LogP contribution < -0.4 is 16.0 Å². The largest absolute Gasteiger partial charge is 0.325 e. The predicted molar refractivity (Wildman–Crippen MR) is 124 cm³/mol. The topological polar surface area (TPSA) is 138 Å². The molecule has 2 aromatic rings. The Morgan fingerprint density at radius 2 is 1.79 bits per heavy atom. The molecule has 180 valence electrons. The molecule has 2 heterocycles. The van der Waals surface area contributed by atoms with E-state index < -0.39 is 23.5 Å². The van der Waals surface area contributed by atoms with Crippen molar-refractivity contribution in [3.8, 4) is 0 Å². The Morgan fingerprint density at radius 3 is 2.38 bits per heavy atom. The van der Waals surface area contributed by atoms with E-state index in [9.17, 15) is 19.2 Å². The van der Waals surface area contributed by atoms with Crippen molar-refractivity contribution >= 4 is 35.1 Å². The van der Waals surface area contributed by atoms with Gasteiger partial charge in [0.2, 0.25) is 11.8 Å². The van der Waals surface area contributed by atoms with Crippen molar-refractivity contribution in [3.63, 3.8) is 0 Å². The molecule has 1 spiro atoms. The molecule has 2 fully saturated rings. The third-order valence-corrected chi connectivity index (χ3v) is 6.73. The zero-order chi connectivity index (χ0) is 24.3. The maximum Gasteiger partial charge on any atom is 0.325 e. The van der Waals surface area contributed by atoms with E-state index >= 15 is 0 Å². The van der Waals surface area contributed by atoms with Gasteiger partial charge < -0.3 is 16.0 Å².